The van der Waals surface area contributed by atoms with Crippen LogP contribution in [-0.4, -0.2) is 11.1 Å². The zero-order chi connectivity index (χ0) is 14.7. The predicted molar refractivity (Wildman–Crippen MR) is 76.3 cm³/mol. The summed E-state index contributed by atoms with van der Waals surface area (Å²) < 4.78 is 14.2. The third-order valence-corrected chi connectivity index (χ3v) is 4.09. The van der Waals surface area contributed by atoms with Gasteiger partial charge < -0.3 is 5.11 Å². The highest BCUT2D eigenvalue weighted by atomic mass is 79.9. The van der Waals surface area contributed by atoms with Crippen molar-refractivity contribution in [1.82, 2.24) is 0 Å². The maximum Gasteiger partial charge on any atom is 0.336 e. The molecule has 0 aliphatic carbocycles. The van der Waals surface area contributed by atoms with E-state index in [1.165, 1.54) is 18.2 Å². The second-order valence-corrected chi connectivity index (χ2v) is 5.77. The molecule has 0 radical (unpaired) electrons. The highest BCUT2D eigenvalue weighted by Crippen LogP contribution is 2.35. The zero-order valence-corrected chi connectivity index (χ0v) is 12.3. The molecule has 2 rings (SSSR count). The van der Waals surface area contributed by atoms with E-state index >= 15 is 0 Å². The van der Waals surface area contributed by atoms with Gasteiger partial charge in [0, 0.05) is 14.3 Å². The summed E-state index contributed by atoms with van der Waals surface area (Å²) in [4.78, 5) is 12.0. The normalized spacial score (nSPS) is 10.1. The molecule has 0 amide bonds. The van der Waals surface area contributed by atoms with Gasteiger partial charge in [-0.05, 0) is 30.3 Å². The van der Waals surface area contributed by atoms with Crippen molar-refractivity contribution in [1.29, 1.82) is 5.26 Å². The van der Waals surface area contributed by atoms with Gasteiger partial charge in [-0.15, -0.1) is 0 Å². The highest BCUT2D eigenvalue weighted by Gasteiger charge is 2.15. The molecular formula is C14H7BrFNO2S. The zero-order valence-electron chi connectivity index (χ0n) is 9.93. The van der Waals surface area contributed by atoms with Crippen molar-refractivity contribution < 1.29 is 14.3 Å². The fourth-order valence-corrected chi connectivity index (χ4v) is 3.17. The van der Waals surface area contributed by atoms with Crippen LogP contribution in [0.3, 0.4) is 0 Å². The van der Waals surface area contributed by atoms with Crippen molar-refractivity contribution in [3.8, 4) is 6.07 Å². The summed E-state index contributed by atoms with van der Waals surface area (Å²) in [6.45, 7) is 0. The first-order valence-corrected chi connectivity index (χ1v) is 7.03. The van der Waals surface area contributed by atoms with Crippen molar-refractivity contribution in [2.75, 3.05) is 0 Å². The number of carbonyl (C=O) groups is 1. The molecule has 1 N–H and O–H groups in total. The van der Waals surface area contributed by atoms with Crippen LogP contribution in [-0.2, 0) is 0 Å². The smallest absolute Gasteiger partial charge is 0.336 e. The Labute approximate surface area is 127 Å². The van der Waals surface area contributed by atoms with Crippen molar-refractivity contribution in [2.24, 2.45) is 0 Å². The lowest BCUT2D eigenvalue weighted by molar-refractivity contribution is 0.0693. The number of nitrogens with zero attached hydrogens (tertiary/aromatic N) is 1. The lowest BCUT2D eigenvalue weighted by Gasteiger charge is -2.08. The first-order chi connectivity index (χ1) is 9.52. The van der Waals surface area contributed by atoms with Gasteiger partial charge in [0.25, 0.3) is 0 Å². The van der Waals surface area contributed by atoms with E-state index in [4.69, 9.17) is 10.4 Å². The van der Waals surface area contributed by atoms with Gasteiger partial charge in [-0.2, -0.15) is 5.26 Å². The maximum absolute atomic E-state index is 13.5. The number of rotatable bonds is 3. The Morgan fingerprint density at radius 1 is 1.30 bits per heavy atom. The fraction of sp³-hybridized carbons (Fsp3) is 0. The number of hydrogen-bond acceptors (Lipinski definition) is 3. The molecule has 0 fully saturated rings. The third-order valence-electron chi connectivity index (χ3n) is 2.48. The van der Waals surface area contributed by atoms with Crippen LogP contribution in [0, 0.1) is 17.1 Å². The Hall–Kier alpha value is -1.84. The monoisotopic (exact) mass is 351 g/mol. The van der Waals surface area contributed by atoms with Crippen LogP contribution in [0.2, 0.25) is 0 Å². The molecule has 0 saturated carbocycles. The SMILES string of the molecule is N#Cc1c(F)cccc1Sc1cc(Br)ccc1C(=O)O. The number of hydrogen-bond donors (Lipinski definition) is 1. The first-order valence-electron chi connectivity index (χ1n) is 5.42. The van der Waals surface area contributed by atoms with Crippen LogP contribution in [0.4, 0.5) is 4.39 Å². The molecular weight excluding hydrogens is 345 g/mol. The highest BCUT2D eigenvalue weighted by molar-refractivity contribution is 9.10. The van der Waals surface area contributed by atoms with Crippen LogP contribution in [0.5, 0.6) is 0 Å². The van der Waals surface area contributed by atoms with E-state index in [2.05, 4.69) is 15.9 Å². The molecule has 0 saturated heterocycles. The van der Waals surface area contributed by atoms with Crippen LogP contribution in [0.1, 0.15) is 15.9 Å². The number of carboxylic acids is 1. The molecule has 20 heavy (non-hydrogen) atoms. The summed E-state index contributed by atoms with van der Waals surface area (Å²) in [6.07, 6.45) is 0. The lowest BCUT2D eigenvalue weighted by atomic mass is 10.2. The standard InChI is InChI=1S/C14H7BrFNO2S/c15-8-4-5-9(14(18)19)13(6-8)20-12-3-1-2-11(16)10(12)7-17/h1-6H,(H,18,19). The van der Waals surface area contributed by atoms with Gasteiger partial charge in [0.15, 0.2) is 0 Å². The minimum absolute atomic E-state index is 0.0891. The van der Waals surface area contributed by atoms with Gasteiger partial charge >= 0.3 is 5.97 Å². The van der Waals surface area contributed by atoms with Crippen LogP contribution < -0.4 is 0 Å². The molecule has 0 aliphatic rings. The van der Waals surface area contributed by atoms with E-state index in [-0.39, 0.29) is 11.1 Å². The number of benzene rings is 2. The van der Waals surface area contributed by atoms with Gasteiger partial charge in [-0.3, -0.25) is 0 Å². The fourth-order valence-electron chi connectivity index (χ4n) is 1.57. The second-order valence-electron chi connectivity index (χ2n) is 3.77. The molecule has 3 nitrogen and oxygen atoms in total. The van der Waals surface area contributed by atoms with Gasteiger partial charge in [0.05, 0.1) is 5.56 Å². The summed E-state index contributed by atoms with van der Waals surface area (Å²) in [5.41, 5.74) is 0.0140. The minimum Gasteiger partial charge on any atom is -0.478 e. The lowest BCUT2D eigenvalue weighted by Crippen LogP contribution is -1.99. The van der Waals surface area contributed by atoms with Crippen molar-refractivity contribution in [3.63, 3.8) is 0 Å². The number of carboxylic acid groups (broad SMARTS) is 1. The van der Waals surface area contributed by atoms with Crippen LogP contribution in [0.25, 0.3) is 0 Å². The quantitative estimate of drug-likeness (QED) is 0.894. The first kappa shape index (κ1) is 14.6. The summed E-state index contributed by atoms with van der Waals surface area (Å²) >= 11 is 4.31. The topological polar surface area (TPSA) is 61.1 Å². The van der Waals surface area contributed by atoms with Gasteiger partial charge in [-0.25, -0.2) is 9.18 Å². The van der Waals surface area contributed by atoms with E-state index in [0.29, 0.717) is 14.3 Å². The number of halogens is 2. The van der Waals surface area contributed by atoms with Crippen molar-refractivity contribution in [2.45, 2.75) is 9.79 Å². The van der Waals surface area contributed by atoms with E-state index in [9.17, 15) is 9.18 Å². The summed E-state index contributed by atoms with van der Waals surface area (Å²) in [6, 6.07) is 10.8. The Balaban J connectivity index is 2.51. The second kappa shape index (κ2) is 6.07. The molecule has 0 aromatic heterocycles. The Bertz CT molecular complexity index is 728. The maximum atomic E-state index is 13.5. The van der Waals surface area contributed by atoms with Gasteiger partial charge in [0.1, 0.15) is 17.4 Å². The molecule has 0 unspecified atom stereocenters. The summed E-state index contributed by atoms with van der Waals surface area (Å²) in [7, 11) is 0. The van der Waals surface area contributed by atoms with E-state index < -0.39 is 11.8 Å². The Kier molecular flexibility index (Phi) is 4.42. The Morgan fingerprint density at radius 3 is 2.70 bits per heavy atom. The Morgan fingerprint density at radius 2 is 2.05 bits per heavy atom. The number of nitriles is 1. The molecule has 0 aliphatic heterocycles. The van der Waals surface area contributed by atoms with Crippen LogP contribution in [0.15, 0.2) is 50.7 Å². The van der Waals surface area contributed by atoms with Gasteiger partial charge in [-0.1, -0.05) is 33.8 Å². The van der Waals surface area contributed by atoms with E-state index in [0.717, 1.165) is 11.8 Å². The average Bonchev–Trinajstić information content (AvgIpc) is 2.38. The molecule has 0 bridgehead atoms. The minimum atomic E-state index is -1.07. The van der Waals surface area contributed by atoms with Crippen molar-refractivity contribution >= 4 is 33.7 Å². The largest absolute Gasteiger partial charge is 0.478 e. The molecule has 6 heteroatoms. The molecule has 100 valence electrons. The molecule has 2 aromatic carbocycles. The third kappa shape index (κ3) is 3.00. The van der Waals surface area contributed by atoms with E-state index in [1.807, 2.05) is 0 Å². The molecule has 0 heterocycles. The molecule has 0 atom stereocenters. The average molecular weight is 352 g/mol. The molecule has 2 aromatic rings. The van der Waals surface area contributed by atoms with Crippen LogP contribution >= 0.6 is 27.7 Å². The summed E-state index contributed by atoms with van der Waals surface area (Å²) in [5.74, 6) is -1.70. The molecule has 0 spiro atoms. The predicted octanol–water partition coefficient (Wildman–Crippen LogP) is 4.31. The van der Waals surface area contributed by atoms with Crippen molar-refractivity contribution in [3.05, 3.63) is 57.8 Å². The van der Waals surface area contributed by atoms with Gasteiger partial charge in [0.2, 0.25) is 0 Å². The van der Waals surface area contributed by atoms with E-state index in [1.54, 1.807) is 24.3 Å². The number of aromatic carboxylic acids is 1. The summed E-state index contributed by atoms with van der Waals surface area (Å²) in [5, 5.41) is 18.1.